The lowest BCUT2D eigenvalue weighted by Gasteiger charge is -2.29. The first-order valence-corrected chi connectivity index (χ1v) is 11.8. The van der Waals surface area contributed by atoms with Crippen LogP contribution >= 0.6 is 0 Å². The molecule has 1 aromatic rings. The van der Waals surface area contributed by atoms with E-state index in [9.17, 15) is 4.79 Å². The number of rotatable bonds is 10. The van der Waals surface area contributed by atoms with Crippen LogP contribution in [0.5, 0.6) is 11.5 Å². The van der Waals surface area contributed by atoms with Crippen LogP contribution in [0.15, 0.2) is 41.5 Å². The van der Waals surface area contributed by atoms with Gasteiger partial charge in [-0.15, -0.1) is 0 Å². The van der Waals surface area contributed by atoms with E-state index in [1.54, 1.807) is 23.3 Å². The standard InChI is InChI=1S/C27H38O3/c1-4-29-27-18-22(19-28)12-15-26(27)30-16-6-9-24-7-5-8-25(24)17-21(3)23-13-10-20(2)11-14-23/h9-10,12,15,18-19,21,23,25H,4-8,11,13-14,16-17H2,1-3H3. The molecule has 3 nitrogen and oxygen atoms in total. The Labute approximate surface area is 182 Å². The third kappa shape index (κ3) is 6.23. The lowest BCUT2D eigenvalue weighted by atomic mass is 9.77. The zero-order chi connectivity index (χ0) is 21.3. The second-order valence-electron chi connectivity index (χ2n) is 9.06. The van der Waals surface area contributed by atoms with Crippen LogP contribution in [0.2, 0.25) is 0 Å². The molecule has 1 fully saturated rings. The highest BCUT2D eigenvalue weighted by Gasteiger charge is 2.26. The van der Waals surface area contributed by atoms with Crippen LogP contribution in [0.25, 0.3) is 0 Å². The maximum absolute atomic E-state index is 11.0. The predicted octanol–water partition coefficient (Wildman–Crippen LogP) is 7.17. The highest BCUT2D eigenvalue weighted by atomic mass is 16.5. The molecule has 1 aromatic carbocycles. The van der Waals surface area contributed by atoms with Crippen LogP contribution in [0.1, 0.15) is 82.5 Å². The number of carbonyl (C=O) groups excluding carboxylic acids is 1. The molecule has 2 aliphatic rings. The van der Waals surface area contributed by atoms with Crippen molar-refractivity contribution in [3.63, 3.8) is 0 Å². The lowest BCUT2D eigenvalue weighted by molar-refractivity contribution is 0.112. The molecule has 0 bridgehead atoms. The van der Waals surface area contributed by atoms with Gasteiger partial charge in [0.15, 0.2) is 11.5 Å². The first-order valence-electron chi connectivity index (χ1n) is 11.8. The Bertz CT molecular complexity index is 761. The van der Waals surface area contributed by atoms with Crippen LogP contribution in [-0.2, 0) is 0 Å². The second kappa shape index (κ2) is 11.4. The molecule has 2 aliphatic carbocycles. The number of aldehydes is 1. The van der Waals surface area contributed by atoms with Crippen molar-refractivity contribution in [2.24, 2.45) is 17.8 Å². The van der Waals surface area contributed by atoms with E-state index in [-0.39, 0.29) is 0 Å². The molecule has 0 spiro atoms. The van der Waals surface area contributed by atoms with Crippen molar-refractivity contribution >= 4 is 6.29 Å². The Balaban J connectivity index is 1.50. The highest BCUT2D eigenvalue weighted by molar-refractivity contribution is 5.76. The molecule has 0 N–H and O–H groups in total. The molecule has 1 saturated carbocycles. The summed E-state index contributed by atoms with van der Waals surface area (Å²) in [5.74, 6) is 3.81. The fourth-order valence-corrected chi connectivity index (χ4v) is 5.02. The van der Waals surface area contributed by atoms with E-state index in [0.717, 1.165) is 36.2 Å². The van der Waals surface area contributed by atoms with Gasteiger partial charge < -0.3 is 9.47 Å². The second-order valence-corrected chi connectivity index (χ2v) is 9.06. The van der Waals surface area contributed by atoms with Crippen LogP contribution in [0, 0.1) is 17.8 Å². The van der Waals surface area contributed by atoms with Crippen LogP contribution in [0.3, 0.4) is 0 Å². The summed E-state index contributed by atoms with van der Waals surface area (Å²) in [7, 11) is 0. The minimum atomic E-state index is 0.555. The molecule has 0 heterocycles. The summed E-state index contributed by atoms with van der Waals surface area (Å²) in [5, 5.41) is 0. The van der Waals surface area contributed by atoms with Gasteiger partial charge in [0, 0.05) is 5.56 Å². The van der Waals surface area contributed by atoms with Gasteiger partial charge in [0.2, 0.25) is 0 Å². The quantitative estimate of drug-likeness (QED) is 0.233. The van der Waals surface area contributed by atoms with Crippen molar-refractivity contribution in [3.05, 3.63) is 47.1 Å². The summed E-state index contributed by atoms with van der Waals surface area (Å²) in [5.41, 5.74) is 3.84. The molecule has 3 rings (SSSR count). The van der Waals surface area contributed by atoms with Gasteiger partial charge in [-0.1, -0.05) is 30.2 Å². The highest BCUT2D eigenvalue weighted by Crippen LogP contribution is 2.40. The van der Waals surface area contributed by atoms with E-state index < -0.39 is 0 Å². The van der Waals surface area contributed by atoms with Gasteiger partial charge in [-0.05, 0) is 101 Å². The van der Waals surface area contributed by atoms with Crippen LogP contribution < -0.4 is 9.47 Å². The maximum atomic E-state index is 11.0. The Kier molecular flexibility index (Phi) is 8.60. The SMILES string of the molecule is CCOc1cc(C=O)ccc1OCCC=C1CCCC1CC(C)C1CC=C(C)CC1. The van der Waals surface area contributed by atoms with Gasteiger partial charge in [0.05, 0.1) is 13.2 Å². The third-order valence-corrected chi connectivity index (χ3v) is 6.87. The fourth-order valence-electron chi connectivity index (χ4n) is 5.02. The molecule has 0 saturated heterocycles. The molecular formula is C27H38O3. The summed E-state index contributed by atoms with van der Waals surface area (Å²) in [6.45, 7) is 7.87. The Morgan fingerprint density at radius 3 is 2.77 bits per heavy atom. The molecular weight excluding hydrogens is 372 g/mol. The van der Waals surface area contributed by atoms with E-state index in [2.05, 4.69) is 26.0 Å². The molecule has 0 aromatic heterocycles. The molecule has 0 aliphatic heterocycles. The van der Waals surface area contributed by atoms with Crippen molar-refractivity contribution < 1.29 is 14.3 Å². The lowest BCUT2D eigenvalue weighted by Crippen LogP contribution is -2.17. The normalized spacial score (nSPS) is 23.8. The molecule has 164 valence electrons. The first-order chi connectivity index (χ1) is 14.6. The predicted molar refractivity (Wildman–Crippen MR) is 123 cm³/mol. The maximum Gasteiger partial charge on any atom is 0.161 e. The number of benzene rings is 1. The topological polar surface area (TPSA) is 35.5 Å². The summed E-state index contributed by atoms with van der Waals surface area (Å²) in [6, 6.07) is 5.36. The molecule has 0 amide bonds. The van der Waals surface area contributed by atoms with Crippen molar-refractivity contribution in [3.8, 4) is 11.5 Å². The van der Waals surface area contributed by atoms with Gasteiger partial charge in [0.1, 0.15) is 6.29 Å². The zero-order valence-corrected chi connectivity index (χ0v) is 19.0. The average Bonchev–Trinajstić information content (AvgIpc) is 3.19. The number of carbonyl (C=O) groups is 1. The Morgan fingerprint density at radius 1 is 1.17 bits per heavy atom. The summed E-state index contributed by atoms with van der Waals surface area (Å²) < 4.78 is 11.6. The van der Waals surface area contributed by atoms with Gasteiger partial charge in [-0.2, -0.15) is 0 Å². The van der Waals surface area contributed by atoms with Gasteiger partial charge >= 0.3 is 0 Å². The Hall–Kier alpha value is -2.03. The Morgan fingerprint density at radius 2 is 2.03 bits per heavy atom. The summed E-state index contributed by atoms with van der Waals surface area (Å²) in [6.07, 6.45) is 15.8. The first kappa shape index (κ1) is 22.7. The van der Waals surface area contributed by atoms with Gasteiger partial charge in [0.25, 0.3) is 0 Å². The smallest absolute Gasteiger partial charge is 0.161 e. The largest absolute Gasteiger partial charge is 0.490 e. The summed E-state index contributed by atoms with van der Waals surface area (Å²) in [4.78, 5) is 11.0. The fraction of sp³-hybridized carbons (Fsp3) is 0.593. The van der Waals surface area contributed by atoms with E-state index in [4.69, 9.17) is 9.47 Å². The van der Waals surface area contributed by atoms with Crippen LogP contribution in [0.4, 0.5) is 0 Å². The number of ether oxygens (including phenoxy) is 2. The molecule has 3 atom stereocenters. The van der Waals surface area contributed by atoms with Crippen molar-refractivity contribution in [1.82, 2.24) is 0 Å². The molecule has 3 unspecified atom stereocenters. The molecule has 0 radical (unpaired) electrons. The van der Waals surface area contributed by atoms with Gasteiger partial charge in [-0.3, -0.25) is 4.79 Å². The average molecular weight is 411 g/mol. The minimum absolute atomic E-state index is 0.555. The number of hydrogen-bond donors (Lipinski definition) is 0. The zero-order valence-electron chi connectivity index (χ0n) is 19.0. The summed E-state index contributed by atoms with van der Waals surface area (Å²) >= 11 is 0. The van der Waals surface area contributed by atoms with Crippen molar-refractivity contribution in [1.29, 1.82) is 0 Å². The number of hydrogen-bond acceptors (Lipinski definition) is 3. The van der Waals surface area contributed by atoms with Crippen molar-refractivity contribution in [2.45, 2.75) is 72.1 Å². The molecule has 3 heteroatoms. The minimum Gasteiger partial charge on any atom is -0.490 e. The van der Waals surface area contributed by atoms with Crippen molar-refractivity contribution in [2.75, 3.05) is 13.2 Å². The molecule has 30 heavy (non-hydrogen) atoms. The third-order valence-electron chi connectivity index (χ3n) is 6.87. The van der Waals surface area contributed by atoms with E-state index in [1.165, 1.54) is 44.9 Å². The number of allylic oxidation sites excluding steroid dienone is 3. The monoisotopic (exact) mass is 410 g/mol. The van der Waals surface area contributed by atoms with Gasteiger partial charge in [-0.25, -0.2) is 0 Å². The van der Waals surface area contributed by atoms with Crippen LogP contribution in [-0.4, -0.2) is 19.5 Å². The van der Waals surface area contributed by atoms with E-state index in [1.807, 2.05) is 13.0 Å². The van der Waals surface area contributed by atoms with E-state index >= 15 is 0 Å². The van der Waals surface area contributed by atoms with E-state index in [0.29, 0.717) is 24.5 Å².